The van der Waals surface area contributed by atoms with Gasteiger partial charge in [0.2, 0.25) is 6.33 Å². The Kier molecular flexibility index (Phi) is 3.39. The third-order valence-electron chi connectivity index (χ3n) is 1.26. The Bertz CT molecular complexity index is 195. The maximum atomic E-state index is 5.58. The van der Waals surface area contributed by atoms with Gasteiger partial charge in [0, 0.05) is 0 Å². The topological polar surface area (TPSA) is 34.8 Å². The number of nitrogens with two attached hydrogens (primary N) is 1. The summed E-state index contributed by atoms with van der Waals surface area (Å²) in [5.74, 6) is 0. The molecule has 0 radical (unpaired) electrons. The lowest BCUT2D eigenvalue weighted by Gasteiger charge is -1.96. The van der Waals surface area contributed by atoms with Crippen LogP contribution in [0.15, 0.2) is 18.7 Å². The van der Waals surface area contributed by atoms with Crippen molar-refractivity contribution in [2.24, 2.45) is 12.8 Å². The summed E-state index contributed by atoms with van der Waals surface area (Å²) in [4.78, 5) is 0. The van der Waals surface area contributed by atoms with Crippen LogP contribution < -0.4 is 22.7 Å². The zero-order chi connectivity index (χ0) is 6.85. The van der Waals surface area contributed by atoms with Gasteiger partial charge in [-0.2, -0.15) is 0 Å². The number of aromatic nitrogens is 2. The Morgan fingerprint density at radius 2 is 2.20 bits per heavy atom. The number of aryl methyl sites for hydroxylation is 1. The van der Waals surface area contributed by atoms with Crippen LogP contribution in [0.2, 0.25) is 0 Å². The average molecular weight is 162 g/mol. The number of halogens is 1. The van der Waals surface area contributed by atoms with E-state index in [9.17, 15) is 0 Å². The molecule has 0 spiro atoms. The van der Waals surface area contributed by atoms with Crippen molar-refractivity contribution in [3.8, 4) is 0 Å². The molecule has 0 saturated carbocycles. The SMILES string of the molecule is CC(N)n1cc[n+](C)c1.[Cl-]. The molecular weight excluding hydrogens is 150 g/mol. The lowest BCUT2D eigenvalue weighted by molar-refractivity contribution is -0.671. The Morgan fingerprint density at radius 3 is 2.40 bits per heavy atom. The van der Waals surface area contributed by atoms with E-state index >= 15 is 0 Å². The molecule has 58 valence electrons. The second-order valence-electron chi connectivity index (χ2n) is 2.27. The molecule has 0 aliphatic rings. The second-order valence-corrected chi connectivity index (χ2v) is 2.27. The van der Waals surface area contributed by atoms with Gasteiger partial charge in [-0.1, -0.05) is 0 Å². The smallest absolute Gasteiger partial charge is 0.244 e. The second kappa shape index (κ2) is 3.58. The van der Waals surface area contributed by atoms with Gasteiger partial charge >= 0.3 is 0 Å². The molecule has 1 rings (SSSR count). The highest BCUT2D eigenvalue weighted by Gasteiger charge is 2.02. The number of rotatable bonds is 1. The van der Waals surface area contributed by atoms with Crippen LogP contribution in [0.1, 0.15) is 13.1 Å². The molecule has 0 amide bonds. The molecule has 0 saturated heterocycles. The van der Waals surface area contributed by atoms with E-state index in [2.05, 4.69) is 0 Å². The van der Waals surface area contributed by atoms with E-state index < -0.39 is 0 Å². The van der Waals surface area contributed by atoms with Gasteiger partial charge in [0.25, 0.3) is 0 Å². The fourth-order valence-corrected chi connectivity index (χ4v) is 0.710. The fourth-order valence-electron chi connectivity index (χ4n) is 0.710. The lowest BCUT2D eigenvalue weighted by Crippen LogP contribution is -3.00. The minimum atomic E-state index is 0. The summed E-state index contributed by atoms with van der Waals surface area (Å²) in [6.07, 6.45) is 5.94. The van der Waals surface area contributed by atoms with Gasteiger partial charge in [-0.05, 0) is 6.92 Å². The van der Waals surface area contributed by atoms with Crippen molar-refractivity contribution in [1.82, 2.24) is 4.57 Å². The molecule has 3 nitrogen and oxygen atoms in total. The first-order chi connectivity index (χ1) is 4.20. The molecule has 1 aromatic rings. The largest absolute Gasteiger partial charge is 1.00 e. The van der Waals surface area contributed by atoms with Crippen LogP contribution in [0.5, 0.6) is 0 Å². The summed E-state index contributed by atoms with van der Waals surface area (Å²) in [5, 5.41) is 0. The van der Waals surface area contributed by atoms with Gasteiger partial charge in [0.1, 0.15) is 18.6 Å². The van der Waals surface area contributed by atoms with E-state index in [1.54, 1.807) is 0 Å². The highest BCUT2D eigenvalue weighted by Crippen LogP contribution is 1.91. The van der Waals surface area contributed by atoms with Gasteiger partial charge in [0.15, 0.2) is 0 Å². The molecule has 0 aliphatic heterocycles. The Labute approximate surface area is 66.9 Å². The van der Waals surface area contributed by atoms with E-state index in [4.69, 9.17) is 5.73 Å². The Hall–Kier alpha value is -0.540. The fraction of sp³-hybridized carbons (Fsp3) is 0.500. The van der Waals surface area contributed by atoms with Crippen LogP contribution >= 0.6 is 0 Å². The number of hydrogen-bond acceptors (Lipinski definition) is 1. The van der Waals surface area contributed by atoms with Crippen LogP contribution in [-0.2, 0) is 7.05 Å². The van der Waals surface area contributed by atoms with Crippen LogP contribution in [0.25, 0.3) is 0 Å². The van der Waals surface area contributed by atoms with Gasteiger partial charge < -0.3 is 12.4 Å². The summed E-state index contributed by atoms with van der Waals surface area (Å²) in [6, 6.07) is 0. The Morgan fingerprint density at radius 1 is 1.60 bits per heavy atom. The number of nitrogens with zero attached hydrogens (tertiary/aromatic N) is 2. The average Bonchev–Trinajstić information content (AvgIpc) is 2.14. The number of imidazole rings is 1. The van der Waals surface area contributed by atoms with E-state index in [0.29, 0.717) is 0 Å². The summed E-state index contributed by atoms with van der Waals surface area (Å²) < 4.78 is 3.91. The maximum absolute atomic E-state index is 5.58. The summed E-state index contributed by atoms with van der Waals surface area (Å²) in [5.41, 5.74) is 5.58. The van der Waals surface area contributed by atoms with Crippen molar-refractivity contribution in [3.63, 3.8) is 0 Å². The molecule has 10 heavy (non-hydrogen) atoms. The molecule has 2 N–H and O–H groups in total. The first kappa shape index (κ1) is 9.46. The predicted octanol–water partition coefficient (Wildman–Crippen LogP) is -3.21. The van der Waals surface area contributed by atoms with Gasteiger partial charge in [-0.3, -0.25) is 5.73 Å². The first-order valence-electron chi connectivity index (χ1n) is 2.98. The lowest BCUT2D eigenvalue weighted by atomic mass is 10.6. The first-order valence-corrected chi connectivity index (χ1v) is 2.98. The van der Waals surface area contributed by atoms with Crippen LogP contribution in [-0.4, -0.2) is 4.57 Å². The van der Waals surface area contributed by atoms with E-state index in [0.717, 1.165) is 0 Å². The summed E-state index contributed by atoms with van der Waals surface area (Å²) in [6.45, 7) is 1.94. The van der Waals surface area contributed by atoms with Gasteiger partial charge in [-0.15, -0.1) is 0 Å². The molecule has 0 fully saturated rings. The molecular formula is C6H12ClN3. The van der Waals surface area contributed by atoms with Gasteiger partial charge in [-0.25, -0.2) is 9.13 Å². The minimum Gasteiger partial charge on any atom is -1.00 e. The molecule has 1 aromatic heterocycles. The van der Waals surface area contributed by atoms with E-state index in [1.807, 2.05) is 41.8 Å². The molecule has 0 aliphatic carbocycles. The highest BCUT2D eigenvalue weighted by atomic mass is 35.5. The van der Waals surface area contributed by atoms with Crippen LogP contribution in [0.3, 0.4) is 0 Å². The third-order valence-corrected chi connectivity index (χ3v) is 1.26. The summed E-state index contributed by atoms with van der Waals surface area (Å²) in [7, 11) is 1.97. The zero-order valence-corrected chi connectivity index (χ0v) is 6.92. The standard InChI is InChI=1S/C6H12N3.ClH/c1-6(7)9-4-3-8(2)5-9;/h3-6H,7H2,1-2H3;1H/q+1;/p-1. The van der Waals surface area contributed by atoms with Crippen molar-refractivity contribution in [2.75, 3.05) is 0 Å². The van der Waals surface area contributed by atoms with Crippen LogP contribution in [0.4, 0.5) is 0 Å². The maximum Gasteiger partial charge on any atom is 0.244 e. The normalized spacial score (nSPS) is 12.3. The molecule has 1 atom stereocenters. The van der Waals surface area contributed by atoms with Crippen molar-refractivity contribution in [1.29, 1.82) is 0 Å². The molecule has 0 aromatic carbocycles. The zero-order valence-electron chi connectivity index (χ0n) is 6.16. The third kappa shape index (κ3) is 2.01. The highest BCUT2D eigenvalue weighted by molar-refractivity contribution is 4.68. The summed E-state index contributed by atoms with van der Waals surface area (Å²) >= 11 is 0. The Balaban J connectivity index is 0.000000810. The molecule has 1 unspecified atom stereocenters. The van der Waals surface area contributed by atoms with Crippen LogP contribution in [0, 0.1) is 0 Å². The minimum absolute atomic E-state index is 0. The van der Waals surface area contributed by atoms with E-state index in [1.165, 1.54) is 0 Å². The van der Waals surface area contributed by atoms with Crippen molar-refractivity contribution < 1.29 is 17.0 Å². The number of hydrogen-bond donors (Lipinski definition) is 1. The van der Waals surface area contributed by atoms with Crippen molar-refractivity contribution in [2.45, 2.75) is 13.1 Å². The van der Waals surface area contributed by atoms with Gasteiger partial charge in [0.05, 0.1) is 7.05 Å². The van der Waals surface area contributed by atoms with E-state index in [-0.39, 0.29) is 18.6 Å². The van der Waals surface area contributed by atoms with Crippen molar-refractivity contribution in [3.05, 3.63) is 18.7 Å². The monoisotopic (exact) mass is 161 g/mol. The predicted molar refractivity (Wildman–Crippen MR) is 34.5 cm³/mol. The molecule has 1 heterocycles. The molecule has 4 heteroatoms. The molecule has 0 bridgehead atoms. The van der Waals surface area contributed by atoms with Crippen molar-refractivity contribution >= 4 is 0 Å². The quantitative estimate of drug-likeness (QED) is 0.433.